The summed E-state index contributed by atoms with van der Waals surface area (Å²) in [6.45, 7) is 0. The van der Waals surface area contributed by atoms with Crippen LogP contribution in [0.3, 0.4) is 0 Å². The molecular formula is C14H13NO4S. The van der Waals surface area contributed by atoms with Crippen LogP contribution in [-0.2, 0) is 10.3 Å². The molecule has 1 aliphatic rings. The van der Waals surface area contributed by atoms with Crippen molar-refractivity contribution in [1.82, 2.24) is 4.72 Å². The minimum Gasteiger partial charge on any atom is -0.497 e. The summed E-state index contributed by atoms with van der Waals surface area (Å²) >= 11 is 0. The number of methoxy groups -OCH3 is 1. The number of hydrogen-bond acceptors (Lipinski definition) is 4. The van der Waals surface area contributed by atoms with Crippen LogP contribution in [0.25, 0.3) is 0 Å². The summed E-state index contributed by atoms with van der Waals surface area (Å²) in [6, 6.07) is 13.9. The average molecular weight is 291 g/mol. The van der Waals surface area contributed by atoms with Crippen LogP contribution in [0.1, 0.15) is 17.2 Å². The van der Waals surface area contributed by atoms with Crippen LogP contribution >= 0.6 is 0 Å². The van der Waals surface area contributed by atoms with Gasteiger partial charge >= 0.3 is 10.3 Å². The van der Waals surface area contributed by atoms with Gasteiger partial charge in [-0.3, -0.25) is 0 Å². The van der Waals surface area contributed by atoms with E-state index in [1.807, 2.05) is 30.3 Å². The Balaban J connectivity index is 2.16. The zero-order valence-electron chi connectivity index (χ0n) is 10.7. The molecule has 0 saturated carbocycles. The molecule has 20 heavy (non-hydrogen) atoms. The van der Waals surface area contributed by atoms with E-state index >= 15 is 0 Å². The molecule has 3 rings (SSSR count). The Morgan fingerprint density at radius 1 is 1.15 bits per heavy atom. The van der Waals surface area contributed by atoms with Crippen molar-refractivity contribution in [1.29, 1.82) is 0 Å². The summed E-state index contributed by atoms with van der Waals surface area (Å²) in [7, 11) is -2.24. The summed E-state index contributed by atoms with van der Waals surface area (Å²) in [6.07, 6.45) is 0. The van der Waals surface area contributed by atoms with Crippen LogP contribution in [0.2, 0.25) is 0 Å². The minimum atomic E-state index is -3.80. The summed E-state index contributed by atoms with van der Waals surface area (Å²) < 4.78 is 36.2. The first-order chi connectivity index (χ1) is 9.59. The van der Waals surface area contributed by atoms with Crippen molar-refractivity contribution in [3.63, 3.8) is 0 Å². The van der Waals surface area contributed by atoms with Gasteiger partial charge in [-0.25, -0.2) is 0 Å². The van der Waals surface area contributed by atoms with Crippen LogP contribution < -0.4 is 13.6 Å². The van der Waals surface area contributed by atoms with Gasteiger partial charge in [0.2, 0.25) is 0 Å². The Labute approximate surface area is 117 Å². The van der Waals surface area contributed by atoms with Crippen molar-refractivity contribution in [3.05, 3.63) is 59.7 Å². The highest BCUT2D eigenvalue weighted by Gasteiger charge is 2.31. The highest BCUT2D eigenvalue weighted by molar-refractivity contribution is 7.85. The van der Waals surface area contributed by atoms with E-state index in [4.69, 9.17) is 8.92 Å². The summed E-state index contributed by atoms with van der Waals surface area (Å²) in [4.78, 5) is 0. The predicted molar refractivity (Wildman–Crippen MR) is 74.0 cm³/mol. The van der Waals surface area contributed by atoms with Crippen molar-refractivity contribution < 1.29 is 17.3 Å². The number of ether oxygens (including phenoxy) is 1. The third kappa shape index (κ3) is 2.35. The number of rotatable bonds is 2. The molecule has 0 saturated heterocycles. The molecule has 5 nitrogen and oxygen atoms in total. The maximum Gasteiger partial charge on any atom is 0.383 e. The van der Waals surface area contributed by atoms with Gasteiger partial charge in [0.1, 0.15) is 11.5 Å². The van der Waals surface area contributed by atoms with Gasteiger partial charge in [0.25, 0.3) is 0 Å². The second-order valence-electron chi connectivity index (χ2n) is 4.40. The highest BCUT2D eigenvalue weighted by Crippen LogP contribution is 2.37. The zero-order chi connectivity index (χ0) is 14.2. The van der Waals surface area contributed by atoms with E-state index in [1.54, 1.807) is 25.3 Å². The Morgan fingerprint density at radius 2 is 1.90 bits per heavy atom. The van der Waals surface area contributed by atoms with Gasteiger partial charge < -0.3 is 8.92 Å². The Kier molecular flexibility index (Phi) is 3.11. The maximum atomic E-state index is 11.8. The van der Waals surface area contributed by atoms with E-state index in [9.17, 15) is 8.42 Å². The molecular weight excluding hydrogens is 278 g/mol. The molecule has 1 heterocycles. The Bertz CT molecular complexity index is 728. The van der Waals surface area contributed by atoms with Crippen molar-refractivity contribution in [2.45, 2.75) is 6.04 Å². The molecule has 0 aromatic heterocycles. The molecule has 104 valence electrons. The van der Waals surface area contributed by atoms with Gasteiger partial charge in [-0.05, 0) is 23.8 Å². The van der Waals surface area contributed by atoms with Crippen LogP contribution in [0.4, 0.5) is 0 Å². The molecule has 1 aliphatic heterocycles. The normalized spacial score (nSPS) is 19.8. The van der Waals surface area contributed by atoms with Crippen molar-refractivity contribution in [2.24, 2.45) is 0 Å². The Morgan fingerprint density at radius 3 is 2.60 bits per heavy atom. The quantitative estimate of drug-likeness (QED) is 0.919. The minimum absolute atomic E-state index is 0.318. The van der Waals surface area contributed by atoms with E-state index in [0.717, 1.165) is 11.1 Å². The molecule has 0 unspecified atom stereocenters. The van der Waals surface area contributed by atoms with Crippen molar-refractivity contribution in [2.75, 3.05) is 7.11 Å². The van der Waals surface area contributed by atoms with Gasteiger partial charge in [-0.1, -0.05) is 30.3 Å². The fourth-order valence-corrected chi connectivity index (χ4v) is 3.19. The maximum absolute atomic E-state index is 11.8. The van der Waals surface area contributed by atoms with E-state index in [2.05, 4.69) is 4.72 Å². The Hall–Kier alpha value is -2.05. The smallest absolute Gasteiger partial charge is 0.383 e. The van der Waals surface area contributed by atoms with Crippen LogP contribution in [0.15, 0.2) is 48.5 Å². The molecule has 0 bridgehead atoms. The van der Waals surface area contributed by atoms with Crippen LogP contribution in [-0.4, -0.2) is 15.5 Å². The molecule has 1 atom stereocenters. The first-order valence-corrected chi connectivity index (χ1v) is 7.44. The molecule has 0 aliphatic carbocycles. The second kappa shape index (κ2) is 4.81. The lowest BCUT2D eigenvalue weighted by atomic mass is 9.98. The molecule has 2 aromatic rings. The zero-order valence-corrected chi connectivity index (χ0v) is 11.6. The standard InChI is InChI=1S/C14H13NO4S/c1-18-11-7-8-13-12(9-11)14(15-20(16,17)19-13)10-5-3-2-4-6-10/h2-9,14-15H,1H3/t14-/m1/s1. The van der Waals surface area contributed by atoms with Gasteiger partial charge in [0.05, 0.1) is 13.2 Å². The molecule has 0 amide bonds. The third-order valence-electron chi connectivity index (χ3n) is 3.12. The number of benzene rings is 2. The molecule has 6 heteroatoms. The lowest BCUT2D eigenvalue weighted by molar-refractivity contribution is 0.408. The first kappa shape index (κ1) is 13.0. The second-order valence-corrected chi connectivity index (χ2v) is 5.71. The van der Waals surface area contributed by atoms with Gasteiger partial charge in [0.15, 0.2) is 0 Å². The first-order valence-electron chi connectivity index (χ1n) is 6.04. The van der Waals surface area contributed by atoms with Crippen molar-refractivity contribution >= 4 is 10.3 Å². The molecule has 0 radical (unpaired) electrons. The van der Waals surface area contributed by atoms with E-state index in [1.165, 1.54) is 0 Å². The van der Waals surface area contributed by atoms with Crippen LogP contribution in [0, 0.1) is 0 Å². The number of nitrogens with one attached hydrogen (secondary N) is 1. The van der Waals surface area contributed by atoms with E-state index < -0.39 is 16.3 Å². The number of fused-ring (bicyclic) bond motifs is 1. The fourth-order valence-electron chi connectivity index (χ4n) is 2.20. The lowest BCUT2D eigenvalue weighted by Gasteiger charge is -2.27. The fraction of sp³-hybridized carbons (Fsp3) is 0.143. The average Bonchev–Trinajstić information content (AvgIpc) is 2.46. The monoisotopic (exact) mass is 291 g/mol. The lowest BCUT2D eigenvalue weighted by Crippen LogP contribution is -2.37. The molecule has 0 fully saturated rings. The summed E-state index contributed by atoms with van der Waals surface area (Å²) in [5.74, 6) is 0.966. The summed E-state index contributed by atoms with van der Waals surface area (Å²) in [5.41, 5.74) is 1.57. The van der Waals surface area contributed by atoms with Crippen LogP contribution in [0.5, 0.6) is 11.5 Å². The SMILES string of the molecule is COc1ccc2c(c1)[C@@H](c1ccccc1)NS(=O)(=O)O2. The topological polar surface area (TPSA) is 64.6 Å². The largest absolute Gasteiger partial charge is 0.497 e. The number of hydrogen-bond donors (Lipinski definition) is 1. The molecule has 1 N–H and O–H groups in total. The molecule has 0 spiro atoms. The summed E-state index contributed by atoms with van der Waals surface area (Å²) in [5, 5.41) is 0. The van der Waals surface area contributed by atoms with Gasteiger partial charge in [-0.15, -0.1) is 0 Å². The molecule has 2 aromatic carbocycles. The van der Waals surface area contributed by atoms with E-state index in [0.29, 0.717) is 11.5 Å². The van der Waals surface area contributed by atoms with E-state index in [-0.39, 0.29) is 0 Å². The third-order valence-corrected chi connectivity index (χ3v) is 4.05. The van der Waals surface area contributed by atoms with Gasteiger partial charge in [-0.2, -0.15) is 13.1 Å². The predicted octanol–water partition coefficient (Wildman–Crippen LogP) is 2.01. The highest BCUT2D eigenvalue weighted by atomic mass is 32.2. The van der Waals surface area contributed by atoms with Gasteiger partial charge in [0, 0.05) is 5.56 Å². The van der Waals surface area contributed by atoms with Crippen molar-refractivity contribution in [3.8, 4) is 11.5 Å².